The largest absolute Gasteiger partial charge is 0.495 e. The van der Waals surface area contributed by atoms with E-state index in [1.165, 1.54) is 19.1 Å². The van der Waals surface area contributed by atoms with Gasteiger partial charge in [-0.25, -0.2) is 0 Å². The van der Waals surface area contributed by atoms with Crippen LogP contribution < -0.4 is 10.8 Å². The van der Waals surface area contributed by atoms with Gasteiger partial charge in [-0.1, -0.05) is 6.07 Å². The summed E-state index contributed by atoms with van der Waals surface area (Å²) in [6.45, 7) is 8.31. The van der Waals surface area contributed by atoms with Crippen LogP contribution in [-0.4, -0.2) is 24.2 Å². The number of carbonyl (C=O) groups is 1. The molecule has 1 aromatic carbocycles. The van der Waals surface area contributed by atoms with Crippen molar-refractivity contribution in [1.82, 2.24) is 0 Å². The molecule has 1 heterocycles. The van der Waals surface area contributed by atoms with Crippen molar-refractivity contribution in [1.29, 1.82) is 0 Å². The van der Waals surface area contributed by atoms with Gasteiger partial charge in [0.2, 0.25) is 5.91 Å². The molecule has 23 heavy (non-hydrogen) atoms. The lowest BCUT2D eigenvalue weighted by Crippen LogP contribution is -2.41. The molecule has 126 valence electrons. The molecule has 1 fully saturated rings. The molecule has 2 rings (SSSR count). The van der Waals surface area contributed by atoms with E-state index in [1.54, 1.807) is 27.7 Å². The summed E-state index contributed by atoms with van der Waals surface area (Å²) < 4.78 is 51.5. The third-order valence-corrected chi connectivity index (χ3v) is 4.19. The highest BCUT2D eigenvalue weighted by atomic mass is 19.4. The number of alkyl halides is 3. The van der Waals surface area contributed by atoms with Crippen LogP contribution in [0.2, 0.25) is 0 Å². The van der Waals surface area contributed by atoms with Gasteiger partial charge in [0.1, 0.15) is 0 Å². The molecule has 1 saturated heterocycles. The molecule has 1 aromatic rings. The molecule has 0 unspecified atom stereocenters. The lowest BCUT2D eigenvalue weighted by atomic mass is 9.75. The SMILES string of the molecule is CC(=O)Nc1ccc(B2OC(C)(C)C(C)(C)O2)c(C(F)(F)F)c1. The maximum Gasteiger partial charge on any atom is 0.495 e. The average Bonchev–Trinajstić information content (AvgIpc) is 2.56. The van der Waals surface area contributed by atoms with Crippen LogP contribution in [0.25, 0.3) is 0 Å². The van der Waals surface area contributed by atoms with Crippen molar-refractivity contribution in [3.05, 3.63) is 23.8 Å². The van der Waals surface area contributed by atoms with Crippen LogP contribution in [-0.2, 0) is 20.3 Å². The third kappa shape index (κ3) is 3.53. The molecule has 1 amide bonds. The van der Waals surface area contributed by atoms with Gasteiger partial charge in [-0.3, -0.25) is 4.79 Å². The van der Waals surface area contributed by atoms with Crippen molar-refractivity contribution in [3.63, 3.8) is 0 Å². The Labute approximate surface area is 133 Å². The summed E-state index contributed by atoms with van der Waals surface area (Å²) in [5.74, 6) is -0.443. The molecule has 1 aliphatic heterocycles. The second kappa shape index (κ2) is 5.52. The molecular formula is C15H19BF3NO3. The zero-order valence-electron chi connectivity index (χ0n) is 13.7. The molecule has 0 bridgehead atoms. The standard InChI is InChI=1S/C15H19BF3NO3/c1-9(21)20-10-6-7-12(11(8-10)15(17,18)19)16-22-13(2,3)14(4,5)23-16/h6-8H,1-5H3,(H,20,21). The van der Waals surface area contributed by atoms with Crippen LogP contribution in [0.3, 0.4) is 0 Å². The number of benzene rings is 1. The van der Waals surface area contributed by atoms with Gasteiger partial charge in [-0.05, 0) is 45.3 Å². The Kier molecular flexibility index (Phi) is 4.28. The van der Waals surface area contributed by atoms with E-state index in [1.807, 2.05) is 0 Å². The molecule has 1 aliphatic rings. The molecule has 8 heteroatoms. The molecule has 0 saturated carbocycles. The van der Waals surface area contributed by atoms with Gasteiger partial charge in [0.15, 0.2) is 0 Å². The number of hydrogen-bond donors (Lipinski definition) is 1. The molecule has 4 nitrogen and oxygen atoms in total. The van der Waals surface area contributed by atoms with Crippen LogP contribution in [0.15, 0.2) is 18.2 Å². The maximum atomic E-state index is 13.4. The van der Waals surface area contributed by atoms with E-state index >= 15 is 0 Å². The smallest absolute Gasteiger partial charge is 0.399 e. The molecule has 0 atom stereocenters. The molecule has 0 spiro atoms. The van der Waals surface area contributed by atoms with Crippen LogP contribution in [0, 0.1) is 0 Å². The minimum atomic E-state index is -4.59. The van der Waals surface area contributed by atoms with Gasteiger partial charge >= 0.3 is 13.3 Å². The van der Waals surface area contributed by atoms with E-state index < -0.39 is 36.0 Å². The zero-order chi connectivity index (χ0) is 17.6. The highest BCUT2D eigenvalue weighted by molar-refractivity contribution is 6.62. The number of hydrogen-bond acceptors (Lipinski definition) is 3. The first-order valence-corrected chi connectivity index (χ1v) is 7.18. The molecule has 0 aliphatic carbocycles. The van der Waals surface area contributed by atoms with Crippen molar-refractivity contribution < 1.29 is 27.3 Å². The van der Waals surface area contributed by atoms with E-state index in [9.17, 15) is 18.0 Å². The van der Waals surface area contributed by atoms with Gasteiger partial charge in [-0.2, -0.15) is 13.2 Å². The van der Waals surface area contributed by atoms with Crippen molar-refractivity contribution in [2.75, 3.05) is 5.32 Å². The van der Waals surface area contributed by atoms with Crippen molar-refractivity contribution in [3.8, 4) is 0 Å². The fourth-order valence-electron chi connectivity index (χ4n) is 2.26. The summed E-state index contributed by atoms with van der Waals surface area (Å²) in [6, 6.07) is 3.56. The summed E-state index contributed by atoms with van der Waals surface area (Å²) in [7, 11) is -1.12. The summed E-state index contributed by atoms with van der Waals surface area (Å²) in [4.78, 5) is 11.0. The summed E-state index contributed by atoms with van der Waals surface area (Å²) >= 11 is 0. The van der Waals surface area contributed by atoms with Crippen molar-refractivity contribution in [2.45, 2.75) is 52.0 Å². The number of nitrogens with one attached hydrogen (secondary N) is 1. The molecule has 0 radical (unpaired) electrons. The Hall–Kier alpha value is -1.54. The number of rotatable bonds is 2. The molecule has 1 N–H and O–H groups in total. The average molecular weight is 329 g/mol. The van der Waals surface area contributed by atoms with Crippen LogP contribution in [0.1, 0.15) is 40.2 Å². The third-order valence-electron chi connectivity index (χ3n) is 4.19. The van der Waals surface area contributed by atoms with E-state index in [-0.39, 0.29) is 11.2 Å². The Bertz CT molecular complexity index is 613. The predicted molar refractivity (Wildman–Crippen MR) is 81.5 cm³/mol. The summed E-state index contributed by atoms with van der Waals surface area (Å²) in [5, 5.41) is 2.35. The highest BCUT2D eigenvalue weighted by Gasteiger charge is 2.53. The zero-order valence-corrected chi connectivity index (χ0v) is 13.7. The maximum absolute atomic E-state index is 13.4. The summed E-state index contributed by atoms with van der Waals surface area (Å²) in [6.07, 6.45) is -4.59. The monoisotopic (exact) mass is 329 g/mol. The van der Waals surface area contributed by atoms with Gasteiger partial charge in [0.05, 0.1) is 16.8 Å². The second-order valence-corrected chi connectivity index (χ2v) is 6.57. The quantitative estimate of drug-likeness (QED) is 0.849. The minimum absolute atomic E-state index is 0.0742. The van der Waals surface area contributed by atoms with E-state index in [0.29, 0.717) is 0 Å². The number of anilines is 1. The van der Waals surface area contributed by atoms with Crippen molar-refractivity contribution in [2.24, 2.45) is 0 Å². The molecule has 0 aromatic heterocycles. The highest BCUT2D eigenvalue weighted by Crippen LogP contribution is 2.38. The van der Waals surface area contributed by atoms with Gasteiger partial charge in [-0.15, -0.1) is 0 Å². The van der Waals surface area contributed by atoms with E-state index in [0.717, 1.165) is 6.07 Å². The lowest BCUT2D eigenvalue weighted by Gasteiger charge is -2.32. The predicted octanol–water partition coefficient (Wildman–Crippen LogP) is 2.96. The number of amides is 1. The van der Waals surface area contributed by atoms with Gasteiger partial charge in [0, 0.05) is 12.6 Å². The minimum Gasteiger partial charge on any atom is -0.399 e. The van der Waals surface area contributed by atoms with Crippen LogP contribution in [0.5, 0.6) is 0 Å². The fourth-order valence-corrected chi connectivity index (χ4v) is 2.26. The van der Waals surface area contributed by atoms with Crippen LogP contribution in [0.4, 0.5) is 18.9 Å². The van der Waals surface area contributed by atoms with Gasteiger partial charge < -0.3 is 14.6 Å². The Morgan fingerprint density at radius 3 is 2.09 bits per heavy atom. The first-order valence-electron chi connectivity index (χ1n) is 7.18. The van der Waals surface area contributed by atoms with Gasteiger partial charge in [0.25, 0.3) is 0 Å². The molecular weight excluding hydrogens is 310 g/mol. The lowest BCUT2D eigenvalue weighted by molar-refractivity contribution is -0.136. The second-order valence-electron chi connectivity index (χ2n) is 6.57. The fraction of sp³-hybridized carbons (Fsp3) is 0.533. The van der Waals surface area contributed by atoms with E-state index in [2.05, 4.69) is 5.32 Å². The Balaban J connectivity index is 2.45. The normalized spacial score (nSPS) is 19.7. The topological polar surface area (TPSA) is 47.6 Å². The number of carbonyl (C=O) groups excluding carboxylic acids is 1. The summed E-state index contributed by atoms with van der Waals surface area (Å²) in [5.41, 5.74) is -2.40. The van der Waals surface area contributed by atoms with E-state index in [4.69, 9.17) is 9.31 Å². The number of halogens is 3. The van der Waals surface area contributed by atoms with Crippen molar-refractivity contribution >= 4 is 24.2 Å². The Morgan fingerprint density at radius 1 is 1.13 bits per heavy atom. The first kappa shape index (κ1) is 17.8. The first-order chi connectivity index (χ1) is 10.3. The van der Waals surface area contributed by atoms with Crippen LogP contribution >= 0.6 is 0 Å². The Morgan fingerprint density at radius 2 is 1.65 bits per heavy atom.